The van der Waals surface area contributed by atoms with Crippen molar-refractivity contribution in [2.45, 2.75) is 19.8 Å². The Morgan fingerprint density at radius 2 is 2.43 bits per heavy atom. The number of unbranched alkanes of at least 4 members (excludes halogenated alkanes) is 1. The minimum absolute atomic E-state index is 1.01. The second-order valence-electron chi connectivity index (χ2n) is 1.32. The zero-order valence-corrected chi connectivity index (χ0v) is 4.78. The van der Waals surface area contributed by atoms with Crippen molar-refractivity contribution in [1.29, 1.82) is 0 Å². The summed E-state index contributed by atoms with van der Waals surface area (Å²) in [7, 11) is 0. The predicted molar refractivity (Wildman–Crippen MR) is 32.9 cm³/mol. The van der Waals surface area contributed by atoms with Gasteiger partial charge in [-0.05, 0) is 25.8 Å². The molecule has 0 rings (SSSR count). The molecule has 0 aromatic heterocycles. The van der Waals surface area contributed by atoms with E-state index in [0.29, 0.717) is 0 Å². The van der Waals surface area contributed by atoms with Gasteiger partial charge < -0.3 is 0 Å². The summed E-state index contributed by atoms with van der Waals surface area (Å²) in [5.41, 5.74) is 0. The Hall–Kier alpha value is -0.520. The van der Waals surface area contributed by atoms with Crippen LogP contribution in [0.2, 0.25) is 0 Å². The monoisotopic (exact) mass is 95.1 g/mol. The van der Waals surface area contributed by atoms with E-state index in [2.05, 4.69) is 12.7 Å². The van der Waals surface area contributed by atoms with Gasteiger partial charge >= 0.3 is 0 Å². The van der Waals surface area contributed by atoms with Gasteiger partial charge in [0.25, 0.3) is 0 Å². The summed E-state index contributed by atoms with van der Waals surface area (Å²) in [6.45, 7) is 5.55. The topological polar surface area (TPSA) is 0 Å². The predicted octanol–water partition coefficient (Wildman–Crippen LogP) is 2.33. The highest BCUT2D eigenvalue weighted by atomic mass is 13.7. The number of hydrogen-bond acceptors (Lipinski definition) is 0. The first kappa shape index (κ1) is 6.48. The maximum atomic E-state index is 3.58. The lowest BCUT2D eigenvalue weighted by Crippen LogP contribution is -1.60. The first-order valence-corrected chi connectivity index (χ1v) is 2.54. The summed E-state index contributed by atoms with van der Waals surface area (Å²) in [6, 6.07) is 0. The van der Waals surface area contributed by atoms with Gasteiger partial charge in [-0.3, -0.25) is 0 Å². The van der Waals surface area contributed by atoms with Gasteiger partial charge in [0, 0.05) is 0 Å². The van der Waals surface area contributed by atoms with Gasteiger partial charge in [0.15, 0.2) is 0 Å². The second kappa shape index (κ2) is 5.48. The zero-order chi connectivity index (χ0) is 5.54. The molecule has 0 fully saturated rings. The summed E-state index contributed by atoms with van der Waals surface area (Å²) in [4.78, 5) is 0. The lowest BCUT2D eigenvalue weighted by molar-refractivity contribution is 1.03. The Morgan fingerprint density at radius 3 is 2.86 bits per heavy atom. The fourth-order valence-corrected chi connectivity index (χ4v) is 0.330. The standard InChI is InChI=1S/C7H11/c1-3-5-7-6-4-2/h3-4H,1,5,7H2,2H3. The van der Waals surface area contributed by atoms with E-state index in [9.17, 15) is 0 Å². The first-order valence-electron chi connectivity index (χ1n) is 2.54. The molecule has 0 aliphatic carbocycles. The van der Waals surface area contributed by atoms with Gasteiger partial charge in [-0.1, -0.05) is 12.2 Å². The average molecular weight is 95.2 g/mol. The Balaban J connectivity index is 2.82. The fraction of sp³-hybridized carbons (Fsp3) is 0.429. The van der Waals surface area contributed by atoms with Crippen molar-refractivity contribution in [3.63, 3.8) is 0 Å². The molecule has 0 aromatic carbocycles. The third-order valence-electron chi connectivity index (χ3n) is 0.697. The van der Waals surface area contributed by atoms with E-state index in [-0.39, 0.29) is 0 Å². The lowest BCUT2D eigenvalue weighted by Gasteiger charge is -1.78. The quantitative estimate of drug-likeness (QED) is 0.373. The van der Waals surface area contributed by atoms with E-state index >= 15 is 0 Å². The summed E-state index contributed by atoms with van der Waals surface area (Å²) in [5, 5.41) is 0. The summed E-state index contributed by atoms with van der Waals surface area (Å²) < 4.78 is 0. The molecule has 0 nitrogen and oxygen atoms in total. The molecule has 0 heterocycles. The Labute approximate surface area is 45.5 Å². The molecule has 0 saturated heterocycles. The molecule has 0 bridgehead atoms. The Bertz CT molecular complexity index is 60.4. The maximum absolute atomic E-state index is 3.58. The van der Waals surface area contributed by atoms with E-state index in [1.165, 1.54) is 0 Å². The van der Waals surface area contributed by atoms with Crippen LogP contribution in [0.3, 0.4) is 0 Å². The third-order valence-corrected chi connectivity index (χ3v) is 0.697. The third kappa shape index (κ3) is 5.48. The van der Waals surface area contributed by atoms with Gasteiger partial charge in [-0.2, -0.15) is 0 Å². The second-order valence-corrected chi connectivity index (χ2v) is 1.32. The van der Waals surface area contributed by atoms with Crippen LogP contribution in [0.15, 0.2) is 18.7 Å². The van der Waals surface area contributed by atoms with E-state index in [4.69, 9.17) is 0 Å². The molecular formula is C7H11. The minimum atomic E-state index is 1.01. The molecule has 1 radical (unpaired) electrons. The maximum Gasteiger partial charge on any atom is -0.0245 e. The van der Waals surface area contributed by atoms with Crippen LogP contribution in [0.5, 0.6) is 0 Å². The fourth-order valence-electron chi connectivity index (χ4n) is 0.330. The molecule has 7 heavy (non-hydrogen) atoms. The van der Waals surface area contributed by atoms with Crippen LogP contribution in [0.1, 0.15) is 19.8 Å². The highest BCUT2D eigenvalue weighted by molar-refractivity contribution is 4.73. The summed E-state index contributed by atoms with van der Waals surface area (Å²) in [5.74, 6) is 0. The van der Waals surface area contributed by atoms with E-state index in [0.717, 1.165) is 12.8 Å². The SMILES string of the molecule is C=CCC/[C]=C/C. The number of allylic oxidation sites excluding steroid dienone is 3. The van der Waals surface area contributed by atoms with Crippen molar-refractivity contribution in [1.82, 2.24) is 0 Å². The van der Waals surface area contributed by atoms with Crippen molar-refractivity contribution < 1.29 is 0 Å². The van der Waals surface area contributed by atoms with E-state index in [1.54, 1.807) is 0 Å². The van der Waals surface area contributed by atoms with Crippen LogP contribution in [0.25, 0.3) is 0 Å². The van der Waals surface area contributed by atoms with Crippen LogP contribution in [-0.4, -0.2) is 0 Å². The van der Waals surface area contributed by atoms with Gasteiger partial charge in [0.05, 0.1) is 0 Å². The molecule has 0 saturated carbocycles. The van der Waals surface area contributed by atoms with Gasteiger partial charge in [0.2, 0.25) is 0 Å². The minimum Gasteiger partial charge on any atom is -0.103 e. The first-order chi connectivity index (χ1) is 3.41. The molecule has 0 aliphatic heterocycles. The Morgan fingerprint density at radius 1 is 1.71 bits per heavy atom. The summed E-state index contributed by atoms with van der Waals surface area (Å²) >= 11 is 0. The van der Waals surface area contributed by atoms with Gasteiger partial charge in [-0.15, -0.1) is 6.58 Å². The number of rotatable bonds is 3. The molecular weight excluding hydrogens is 84.1 g/mol. The molecule has 0 spiro atoms. The molecule has 0 unspecified atom stereocenters. The van der Waals surface area contributed by atoms with Crippen LogP contribution in [0, 0.1) is 6.08 Å². The average Bonchev–Trinajstić information content (AvgIpc) is 1.69. The Kier molecular flexibility index (Phi) is 5.07. The molecule has 0 N–H and O–H groups in total. The number of hydrogen-bond donors (Lipinski definition) is 0. The van der Waals surface area contributed by atoms with Crippen molar-refractivity contribution in [2.24, 2.45) is 0 Å². The summed E-state index contributed by atoms with van der Waals surface area (Å²) in [6.07, 6.45) is 8.95. The molecule has 0 aliphatic rings. The van der Waals surface area contributed by atoms with Gasteiger partial charge in [0.1, 0.15) is 0 Å². The molecule has 0 heteroatoms. The van der Waals surface area contributed by atoms with Crippen LogP contribution < -0.4 is 0 Å². The van der Waals surface area contributed by atoms with E-state index < -0.39 is 0 Å². The van der Waals surface area contributed by atoms with Crippen molar-refractivity contribution in [3.05, 3.63) is 24.8 Å². The van der Waals surface area contributed by atoms with Crippen molar-refractivity contribution in [3.8, 4) is 0 Å². The normalized spacial score (nSPS) is 9.86. The lowest BCUT2D eigenvalue weighted by atomic mass is 10.3. The highest BCUT2D eigenvalue weighted by Crippen LogP contribution is 1.87. The van der Waals surface area contributed by atoms with Crippen molar-refractivity contribution in [2.75, 3.05) is 0 Å². The molecule has 0 amide bonds. The van der Waals surface area contributed by atoms with Gasteiger partial charge in [-0.25, -0.2) is 0 Å². The smallest absolute Gasteiger partial charge is 0.0245 e. The largest absolute Gasteiger partial charge is 0.103 e. The molecule has 0 atom stereocenters. The van der Waals surface area contributed by atoms with Crippen LogP contribution in [-0.2, 0) is 0 Å². The van der Waals surface area contributed by atoms with Crippen LogP contribution in [0.4, 0.5) is 0 Å². The molecule has 0 aromatic rings. The molecule has 39 valence electrons. The van der Waals surface area contributed by atoms with Crippen LogP contribution >= 0.6 is 0 Å². The van der Waals surface area contributed by atoms with E-state index in [1.807, 2.05) is 19.1 Å². The zero-order valence-electron chi connectivity index (χ0n) is 4.78. The van der Waals surface area contributed by atoms with Crippen molar-refractivity contribution >= 4 is 0 Å². The highest BCUT2D eigenvalue weighted by Gasteiger charge is 1.69.